The van der Waals surface area contributed by atoms with Gasteiger partial charge in [0, 0.05) is 38.3 Å². The lowest BCUT2D eigenvalue weighted by Crippen LogP contribution is -2.54. The second-order valence-corrected chi connectivity index (χ2v) is 5.98. The van der Waals surface area contributed by atoms with Crippen LogP contribution in [0.25, 0.3) is 0 Å². The number of carbonyl (C=O) groups excluding carboxylic acids is 1. The lowest BCUT2D eigenvalue weighted by Gasteiger charge is -2.40. The van der Waals surface area contributed by atoms with E-state index < -0.39 is 0 Å². The Bertz CT molecular complexity index is 510. The van der Waals surface area contributed by atoms with Gasteiger partial charge in [-0.25, -0.2) is 14.8 Å². The first-order chi connectivity index (χ1) is 10.1. The molecule has 1 aromatic heterocycles. The molecule has 1 N–H and O–H groups in total. The average Bonchev–Trinajstić information content (AvgIpc) is 2.47. The third kappa shape index (κ3) is 3.20. The molecule has 0 radical (unpaired) electrons. The van der Waals surface area contributed by atoms with Crippen molar-refractivity contribution in [1.82, 2.24) is 20.2 Å². The zero-order valence-electron chi connectivity index (χ0n) is 12.2. The van der Waals surface area contributed by atoms with E-state index in [2.05, 4.69) is 20.2 Å². The second-order valence-electron chi connectivity index (χ2n) is 5.59. The number of halogens is 1. The van der Waals surface area contributed by atoms with Crippen LogP contribution >= 0.6 is 11.6 Å². The van der Waals surface area contributed by atoms with E-state index in [1.807, 2.05) is 17.9 Å². The maximum atomic E-state index is 11.9. The van der Waals surface area contributed by atoms with Gasteiger partial charge in [0.15, 0.2) is 0 Å². The van der Waals surface area contributed by atoms with Crippen LogP contribution < -0.4 is 10.2 Å². The van der Waals surface area contributed by atoms with E-state index in [9.17, 15) is 4.79 Å². The SMILES string of the molecule is Cc1nc(Cl)cc(N2CCC(N3CCCNC3=O)CC2)n1. The molecule has 3 rings (SSSR count). The molecule has 0 saturated carbocycles. The van der Waals surface area contributed by atoms with Crippen molar-refractivity contribution in [2.75, 3.05) is 31.1 Å². The van der Waals surface area contributed by atoms with Crippen LogP contribution in [0.4, 0.5) is 10.6 Å². The largest absolute Gasteiger partial charge is 0.356 e. The molecule has 2 fully saturated rings. The van der Waals surface area contributed by atoms with E-state index in [0.29, 0.717) is 17.0 Å². The van der Waals surface area contributed by atoms with Crippen molar-refractivity contribution in [2.45, 2.75) is 32.2 Å². The lowest BCUT2D eigenvalue weighted by atomic mass is 10.0. The minimum Gasteiger partial charge on any atom is -0.356 e. The predicted molar refractivity (Wildman–Crippen MR) is 81.7 cm³/mol. The van der Waals surface area contributed by atoms with Crippen LogP contribution in [0.2, 0.25) is 5.15 Å². The summed E-state index contributed by atoms with van der Waals surface area (Å²) in [5, 5.41) is 3.40. The van der Waals surface area contributed by atoms with Crippen LogP contribution in [0.1, 0.15) is 25.1 Å². The topological polar surface area (TPSA) is 61.4 Å². The maximum Gasteiger partial charge on any atom is 0.317 e. The Kier molecular flexibility index (Phi) is 4.14. The number of aryl methyl sites for hydroxylation is 1. The van der Waals surface area contributed by atoms with Crippen molar-refractivity contribution in [1.29, 1.82) is 0 Å². The van der Waals surface area contributed by atoms with Crippen molar-refractivity contribution >= 4 is 23.4 Å². The number of hydrogen-bond donors (Lipinski definition) is 1. The Labute approximate surface area is 129 Å². The summed E-state index contributed by atoms with van der Waals surface area (Å²) >= 11 is 6.00. The van der Waals surface area contributed by atoms with Gasteiger partial charge in [0.05, 0.1) is 0 Å². The summed E-state index contributed by atoms with van der Waals surface area (Å²) in [5.41, 5.74) is 0. The van der Waals surface area contributed by atoms with Crippen LogP contribution in [0.3, 0.4) is 0 Å². The number of hydrogen-bond acceptors (Lipinski definition) is 4. The van der Waals surface area contributed by atoms with Gasteiger partial charge in [0.2, 0.25) is 0 Å². The number of urea groups is 1. The molecule has 21 heavy (non-hydrogen) atoms. The molecular weight excluding hydrogens is 290 g/mol. The quantitative estimate of drug-likeness (QED) is 0.847. The molecule has 0 bridgehead atoms. The van der Waals surface area contributed by atoms with Gasteiger partial charge in [0.25, 0.3) is 0 Å². The number of anilines is 1. The minimum atomic E-state index is 0.0839. The first kappa shape index (κ1) is 14.4. The van der Waals surface area contributed by atoms with Gasteiger partial charge in [-0.15, -0.1) is 0 Å². The van der Waals surface area contributed by atoms with Gasteiger partial charge in [-0.3, -0.25) is 0 Å². The van der Waals surface area contributed by atoms with Crippen LogP contribution in [0.5, 0.6) is 0 Å². The van der Waals surface area contributed by atoms with Crippen molar-refractivity contribution in [3.63, 3.8) is 0 Å². The fourth-order valence-corrected chi connectivity index (χ4v) is 3.30. The molecule has 0 aliphatic carbocycles. The molecule has 114 valence electrons. The normalized spacial score (nSPS) is 20.6. The van der Waals surface area contributed by atoms with E-state index in [1.165, 1.54) is 0 Å². The fourth-order valence-electron chi connectivity index (χ4n) is 3.08. The zero-order chi connectivity index (χ0) is 14.8. The summed E-state index contributed by atoms with van der Waals surface area (Å²) in [6, 6.07) is 2.23. The van der Waals surface area contributed by atoms with Crippen molar-refractivity contribution in [2.24, 2.45) is 0 Å². The molecule has 1 aromatic rings. The first-order valence-corrected chi connectivity index (χ1v) is 7.82. The molecule has 0 spiro atoms. The molecule has 3 heterocycles. The first-order valence-electron chi connectivity index (χ1n) is 7.44. The standard InChI is InChI=1S/C14H20ClN5O/c1-10-17-12(15)9-13(18-10)19-7-3-11(4-8-19)20-6-2-5-16-14(20)21/h9,11H,2-8H2,1H3,(H,16,21). The Hall–Kier alpha value is -1.56. The highest BCUT2D eigenvalue weighted by Gasteiger charge is 2.29. The molecule has 2 amide bonds. The number of nitrogens with zero attached hydrogens (tertiary/aromatic N) is 4. The van der Waals surface area contributed by atoms with Gasteiger partial charge >= 0.3 is 6.03 Å². The van der Waals surface area contributed by atoms with E-state index in [-0.39, 0.29) is 6.03 Å². The highest BCUT2D eigenvalue weighted by molar-refractivity contribution is 6.29. The van der Waals surface area contributed by atoms with Crippen LogP contribution in [-0.2, 0) is 0 Å². The highest BCUT2D eigenvalue weighted by atomic mass is 35.5. The summed E-state index contributed by atoms with van der Waals surface area (Å²) in [5.74, 6) is 1.57. The summed E-state index contributed by atoms with van der Waals surface area (Å²) in [6.45, 7) is 5.30. The van der Waals surface area contributed by atoms with Crippen LogP contribution in [0.15, 0.2) is 6.07 Å². The average molecular weight is 310 g/mol. The van der Waals surface area contributed by atoms with Gasteiger partial charge in [0.1, 0.15) is 16.8 Å². The fraction of sp³-hybridized carbons (Fsp3) is 0.643. The number of piperidine rings is 1. The van der Waals surface area contributed by atoms with Gasteiger partial charge in [-0.1, -0.05) is 11.6 Å². The summed E-state index contributed by atoms with van der Waals surface area (Å²) in [4.78, 5) is 24.6. The van der Waals surface area contributed by atoms with E-state index in [4.69, 9.17) is 11.6 Å². The predicted octanol–water partition coefficient (Wildman–Crippen LogP) is 1.82. The molecule has 0 aromatic carbocycles. The maximum absolute atomic E-state index is 11.9. The summed E-state index contributed by atoms with van der Waals surface area (Å²) < 4.78 is 0. The number of rotatable bonds is 2. The van der Waals surface area contributed by atoms with Crippen molar-refractivity contribution < 1.29 is 4.79 Å². The summed E-state index contributed by atoms with van der Waals surface area (Å²) in [7, 11) is 0. The number of aromatic nitrogens is 2. The van der Waals surface area contributed by atoms with Gasteiger partial charge in [-0.05, 0) is 26.2 Å². The highest BCUT2D eigenvalue weighted by Crippen LogP contribution is 2.23. The van der Waals surface area contributed by atoms with E-state index in [0.717, 1.165) is 51.3 Å². The number of carbonyl (C=O) groups is 1. The molecule has 7 heteroatoms. The molecule has 0 atom stereocenters. The second kappa shape index (κ2) is 6.05. The van der Waals surface area contributed by atoms with Crippen LogP contribution in [-0.4, -0.2) is 53.1 Å². The van der Waals surface area contributed by atoms with Crippen molar-refractivity contribution in [3.05, 3.63) is 17.0 Å². The molecule has 0 unspecified atom stereocenters. The van der Waals surface area contributed by atoms with Crippen LogP contribution in [0, 0.1) is 6.92 Å². The smallest absolute Gasteiger partial charge is 0.317 e. The third-order valence-corrected chi connectivity index (χ3v) is 4.33. The molecule has 6 nitrogen and oxygen atoms in total. The van der Waals surface area contributed by atoms with Gasteiger partial charge in [-0.2, -0.15) is 0 Å². The summed E-state index contributed by atoms with van der Waals surface area (Å²) in [6.07, 6.45) is 2.97. The van der Waals surface area contributed by atoms with E-state index >= 15 is 0 Å². The molecule has 2 saturated heterocycles. The van der Waals surface area contributed by atoms with E-state index in [1.54, 1.807) is 0 Å². The Balaban J connectivity index is 1.63. The monoisotopic (exact) mass is 309 g/mol. The zero-order valence-corrected chi connectivity index (χ0v) is 12.9. The third-order valence-electron chi connectivity index (χ3n) is 4.14. The number of amides is 2. The Morgan fingerprint density at radius 1 is 1.29 bits per heavy atom. The van der Waals surface area contributed by atoms with Gasteiger partial charge < -0.3 is 15.1 Å². The Morgan fingerprint density at radius 2 is 2.05 bits per heavy atom. The molecule has 2 aliphatic rings. The molecular formula is C14H20ClN5O. The Morgan fingerprint density at radius 3 is 2.71 bits per heavy atom. The lowest BCUT2D eigenvalue weighted by molar-refractivity contribution is 0.149. The minimum absolute atomic E-state index is 0.0839. The molecule has 2 aliphatic heterocycles. The van der Waals surface area contributed by atoms with Crippen molar-refractivity contribution in [3.8, 4) is 0 Å². The number of nitrogens with one attached hydrogen (secondary N) is 1.